The number of nitriles is 1. The number of pyridine rings is 1. The van der Waals surface area contributed by atoms with E-state index in [2.05, 4.69) is 15.5 Å². The average Bonchev–Trinajstić information content (AvgIpc) is 3.22. The van der Waals surface area contributed by atoms with Crippen molar-refractivity contribution >= 4 is 33.1 Å². The standard InChI is InChI=1S/C20H22N8O4S/c1-22-7-9-25(2)18-5-4-17(28(29)30)11-20(18)33(31,32)26(3)23-13-16-14-24-27-8-6-15(12-21)10-19(16)27/h4-6,8,10-11,13-14,22H,7,9H2,1-3H3/b23-13-. The SMILES string of the molecule is CNCCN(C)c1ccc([N+](=O)[O-])cc1S(=O)(=O)N(C)/N=C\c1cnn2ccc(C#N)cc12. The largest absolute Gasteiger partial charge is 0.372 e. The zero-order valence-electron chi connectivity index (χ0n) is 18.2. The number of nitro groups is 1. The second kappa shape index (κ2) is 9.63. The van der Waals surface area contributed by atoms with E-state index in [0.29, 0.717) is 35.4 Å². The van der Waals surface area contributed by atoms with Gasteiger partial charge in [-0.15, -0.1) is 0 Å². The maximum Gasteiger partial charge on any atom is 0.281 e. The smallest absolute Gasteiger partial charge is 0.281 e. The van der Waals surface area contributed by atoms with Crippen LogP contribution in [0.15, 0.2) is 52.7 Å². The van der Waals surface area contributed by atoms with Crippen molar-refractivity contribution in [3.8, 4) is 6.07 Å². The molecule has 0 unspecified atom stereocenters. The van der Waals surface area contributed by atoms with Crippen molar-refractivity contribution in [2.24, 2.45) is 5.10 Å². The summed E-state index contributed by atoms with van der Waals surface area (Å²) in [6, 6.07) is 8.95. The minimum absolute atomic E-state index is 0.235. The van der Waals surface area contributed by atoms with E-state index in [-0.39, 0.29) is 10.6 Å². The molecule has 0 spiro atoms. The number of rotatable bonds is 9. The van der Waals surface area contributed by atoms with Crippen LogP contribution in [-0.4, -0.2) is 67.8 Å². The molecule has 33 heavy (non-hydrogen) atoms. The van der Waals surface area contributed by atoms with E-state index < -0.39 is 14.9 Å². The van der Waals surface area contributed by atoms with Gasteiger partial charge in [0.1, 0.15) is 4.90 Å². The molecular weight excluding hydrogens is 448 g/mol. The van der Waals surface area contributed by atoms with E-state index in [4.69, 9.17) is 5.26 Å². The zero-order chi connectivity index (χ0) is 24.2. The van der Waals surface area contributed by atoms with Gasteiger partial charge in [-0.25, -0.2) is 4.52 Å². The lowest BCUT2D eigenvalue weighted by Gasteiger charge is -2.23. The van der Waals surface area contributed by atoms with Gasteiger partial charge in [0, 0.05) is 51.1 Å². The number of sulfonamides is 1. The number of nitrogens with one attached hydrogen (secondary N) is 1. The van der Waals surface area contributed by atoms with Crippen molar-refractivity contribution in [3.63, 3.8) is 0 Å². The summed E-state index contributed by atoms with van der Waals surface area (Å²) in [6.07, 6.45) is 4.41. The Morgan fingerprint density at radius 1 is 1.33 bits per heavy atom. The highest BCUT2D eigenvalue weighted by atomic mass is 32.2. The second-order valence-electron chi connectivity index (χ2n) is 7.08. The molecule has 0 amide bonds. The molecule has 13 heteroatoms. The fraction of sp³-hybridized carbons (Fsp3) is 0.250. The fourth-order valence-corrected chi connectivity index (χ4v) is 4.27. The first kappa shape index (κ1) is 23.6. The van der Waals surface area contributed by atoms with Gasteiger partial charge in [-0.1, -0.05) is 0 Å². The quantitative estimate of drug-likeness (QED) is 0.280. The molecule has 3 aromatic rings. The summed E-state index contributed by atoms with van der Waals surface area (Å²) in [5, 5.41) is 31.5. The summed E-state index contributed by atoms with van der Waals surface area (Å²) >= 11 is 0. The van der Waals surface area contributed by atoms with Crippen LogP contribution < -0.4 is 10.2 Å². The van der Waals surface area contributed by atoms with Gasteiger partial charge in [0.2, 0.25) is 0 Å². The average molecular weight is 471 g/mol. The Balaban J connectivity index is 2.00. The molecule has 12 nitrogen and oxygen atoms in total. The van der Waals surface area contributed by atoms with Crippen molar-refractivity contribution in [1.82, 2.24) is 19.3 Å². The lowest BCUT2D eigenvalue weighted by Crippen LogP contribution is -2.30. The highest BCUT2D eigenvalue weighted by molar-refractivity contribution is 7.89. The summed E-state index contributed by atoms with van der Waals surface area (Å²) in [5.41, 5.74) is 1.46. The fourth-order valence-electron chi connectivity index (χ4n) is 3.05. The number of likely N-dealkylation sites (N-methyl/N-ethyl adjacent to an activating group) is 2. The molecule has 2 aromatic heterocycles. The third-order valence-corrected chi connectivity index (χ3v) is 6.60. The first-order chi connectivity index (χ1) is 15.7. The number of nitro benzene ring substituents is 1. The number of benzene rings is 1. The molecule has 0 aliphatic rings. The molecule has 0 radical (unpaired) electrons. The van der Waals surface area contributed by atoms with Crippen LogP contribution >= 0.6 is 0 Å². The molecule has 2 heterocycles. The van der Waals surface area contributed by atoms with E-state index in [9.17, 15) is 18.5 Å². The predicted octanol–water partition coefficient (Wildman–Crippen LogP) is 1.42. The maximum atomic E-state index is 13.3. The first-order valence-electron chi connectivity index (χ1n) is 9.73. The van der Waals surface area contributed by atoms with Crippen LogP contribution in [0.4, 0.5) is 11.4 Å². The molecule has 0 bridgehead atoms. The number of hydrazone groups is 1. The Kier molecular flexibility index (Phi) is 6.90. The normalized spacial score (nSPS) is 11.6. The minimum atomic E-state index is -4.23. The molecule has 0 saturated heterocycles. The van der Waals surface area contributed by atoms with Gasteiger partial charge in [-0.05, 0) is 25.2 Å². The number of hydrogen-bond acceptors (Lipinski definition) is 9. The van der Waals surface area contributed by atoms with Crippen molar-refractivity contribution in [3.05, 3.63) is 64.0 Å². The van der Waals surface area contributed by atoms with Crippen LogP contribution in [0.2, 0.25) is 0 Å². The van der Waals surface area contributed by atoms with Gasteiger partial charge >= 0.3 is 0 Å². The third-order valence-electron chi connectivity index (χ3n) is 4.93. The Morgan fingerprint density at radius 2 is 2.09 bits per heavy atom. The number of fused-ring (bicyclic) bond motifs is 1. The molecule has 172 valence electrons. The predicted molar refractivity (Wildman–Crippen MR) is 123 cm³/mol. The van der Waals surface area contributed by atoms with Crippen molar-refractivity contribution in [2.75, 3.05) is 39.1 Å². The molecular formula is C20H22N8O4S. The van der Waals surface area contributed by atoms with Gasteiger partial charge in [0.15, 0.2) is 0 Å². The minimum Gasteiger partial charge on any atom is -0.372 e. The van der Waals surface area contributed by atoms with Crippen LogP contribution in [0.3, 0.4) is 0 Å². The number of non-ortho nitro benzene ring substituents is 1. The van der Waals surface area contributed by atoms with E-state index in [0.717, 1.165) is 10.5 Å². The molecule has 0 aliphatic heterocycles. The van der Waals surface area contributed by atoms with Crippen LogP contribution in [0.25, 0.3) is 5.52 Å². The first-order valence-corrected chi connectivity index (χ1v) is 11.2. The highest BCUT2D eigenvalue weighted by Gasteiger charge is 2.27. The third kappa shape index (κ3) is 4.92. The number of anilines is 1. The maximum absolute atomic E-state index is 13.3. The lowest BCUT2D eigenvalue weighted by atomic mass is 10.2. The van der Waals surface area contributed by atoms with E-state index in [1.165, 1.54) is 36.1 Å². The number of hydrogen-bond donors (Lipinski definition) is 1. The zero-order valence-corrected chi connectivity index (χ0v) is 19.0. The molecule has 1 N–H and O–H groups in total. The van der Waals surface area contributed by atoms with E-state index >= 15 is 0 Å². The van der Waals surface area contributed by atoms with Crippen LogP contribution in [0, 0.1) is 21.4 Å². The lowest BCUT2D eigenvalue weighted by molar-refractivity contribution is -0.385. The summed E-state index contributed by atoms with van der Waals surface area (Å²) in [4.78, 5) is 12.1. The summed E-state index contributed by atoms with van der Waals surface area (Å²) < 4.78 is 28.9. The van der Waals surface area contributed by atoms with Gasteiger partial charge in [0.05, 0.1) is 40.2 Å². The Morgan fingerprint density at radius 3 is 2.76 bits per heavy atom. The Hall–Kier alpha value is -4.02. The van der Waals surface area contributed by atoms with Gasteiger partial charge < -0.3 is 10.2 Å². The Labute approximate surface area is 190 Å². The van der Waals surface area contributed by atoms with E-state index in [1.807, 2.05) is 6.07 Å². The summed E-state index contributed by atoms with van der Waals surface area (Å²) in [5.74, 6) is 0. The summed E-state index contributed by atoms with van der Waals surface area (Å²) in [7, 11) is 0.487. The Bertz CT molecular complexity index is 1360. The molecule has 0 atom stereocenters. The van der Waals surface area contributed by atoms with Crippen LogP contribution in [0.1, 0.15) is 11.1 Å². The number of nitrogens with zero attached hydrogens (tertiary/aromatic N) is 7. The van der Waals surface area contributed by atoms with E-state index in [1.54, 1.807) is 37.3 Å². The van der Waals surface area contributed by atoms with Crippen molar-refractivity contribution in [2.45, 2.75) is 4.90 Å². The number of aromatic nitrogens is 2. The second-order valence-corrected chi connectivity index (χ2v) is 8.99. The van der Waals surface area contributed by atoms with Crippen LogP contribution in [-0.2, 0) is 10.0 Å². The summed E-state index contributed by atoms with van der Waals surface area (Å²) in [6.45, 7) is 1.06. The van der Waals surface area contributed by atoms with Crippen molar-refractivity contribution in [1.29, 1.82) is 5.26 Å². The highest BCUT2D eigenvalue weighted by Crippen LogP contribution is 2.31. The molecule has 0 fully saturated rings. The molecule has 0 saturated carbocycles. The topological polar surface area (TPSA) is 149 Å². The monoisotopic (exact) mass is 470 g/mol. The van der Waals surface area contributed by atoms with Gasteiger partial charge in [0.25, 0.3) is 15.7 Å². The van der Waals surface area contributed by atoms with Crippen molar-refractivity contribution < 1.29 is 13.3 Å². The van der Waals surface area contributed by atoms with Crippen LogP contribution in [0.5, 0.6) is 0 Å². The molecule has 1 aromatic carbocycles. The molecule has 0 aliphatic carbocycles. The van der Waals surface area contributed by atoms with Gasteiger partial charge in [-0.2, -0.15) is 28.3 Å². The van der Waals surface area contributed by atoms with Gasteiger partial charge in [-0.3, -0.25) is 10.1 Å². The molecule has 3 rings (SSSR count).